The van der Waals surface area contributed by atoms with Crippen LogP contribution in [0.15, 0.2) is 0 Å². The Hall–Kier alpha value is -1.71. The molecule has 3 aliphatic rings. The zero-order valence-corrected chi connectivity index (χ0v) is 22.5. The molecular weight excluding hydrogens is 464 g/mol. The molecule has 8 nitrogen and oxygen atoms in total. The molecule has 5 atom stereocenters. The van der Waals surface area contributed by atoms with Crippen molar-refractivity contribution in [1.82, 2.24) is 14.8 Å². The van der Waals surface area contributed by atoms with Crippen molar-refractivity contribution in [1.29, 1.82) is 0 Å². The number of rotatable bonds is 7. The Morgan fingerprint density at radius 2 is 1.89 bits per heavy atom. The number of carbonyl (C=O) groups excluding carboxylic acids is 2. The molecule has 4 rings (SSSR count). The van der Waals surface area contributed by atoms with Crippen LogP contribution in [0.1, 0.15) is 76.3 Å². The third-order valence-corrected chi connectivity index (χ3v) is 10.2. The van der Waals surface area contributed by atoms with E-state index in [1.54, 1.807) is 23.2 Å². The summed E-state index contributed by atoms with van der Waals surface area (Å²) >= 11 is 1.67. The van der Waals surface area contributed by atoms with Gasteiger partial charge in [-0.2, -0.15) is 0 Å². The molecule has 9 heteroatoms. The van der Waals surface area contributed by atoms with Gasteiger partial charge >= 0.3 is 0 Å². The largest absolute Gasteiger partial charge is 0.396 e. The van der Waals surface area contributed by atoms with Gasteiger partial charge in [0.15, 0.2) is 5.13 Å². The van der Waals surface area contributed by atoms with Gasteiger partial charge in [0.05, 0.1) is 18.4 Å². The van der Waals surface area contributed by atoms with Crippen molar-refractivity contribution in [2.45, 2.75) is 78.2 Å². The second-order valence-electron chi connectivity index (χ2n) is 11.2. The van der Waals surface area contributed by atoms with Gasteiger partial charge in [-0.25, -0.2) is 4.98 Å². The average Bonchev–Trinajstić information content (AvgIpc) is 3.25. The quantitative estimate of drug-likeness (QED) is 0.491. The molecule has 2 aliphatic carbocycles. The number of anilines is 1. The number of aliphatic hydroxyl groups excluding tert-OH is 2. The molecule has 5 unspecified atom stereocenters. The van der Waals surface area contributed by atoms with Gasteiger partial charge in [0.25, 0.3) is 0 Å². The van der Waals surface area contributed by atoms with Crippen LogP contribution in [-0.4, -0.2) is 82.2 Å². The van der Waals surface area contributed by atoms with Crippen molar-refractivity contribution < 1.29 is 19.8 Å². The van der Waals surface area contributed by atoms with Gasteiger partial charge in [0, 0.05) is 62.3 Å². The molecule has 0 bridgehead atoms. The van der Waals surface area contributed by atoms with Crippen molar-refractivity contribution in [2.24, 2.45) is 16.7 Å². The van der Waals surface area contributed by atoms with E-state index in [0.717, 1.165) is 43.1 Å². The highest BCUT2D eigenvalue weighted by atomic mass is 32.1. The second-order valence-corrected chi connectivity index (χ2v) is 12.3. The van der Waals surface area contributed by atoms with Crippen molar-refractivity contribution >= 4 is 28.3 Å². The summed E-state index contributed by atoms with van der Waals surface area (Å²) in [5.74, 6) is 0.161. The van der Waals surface area contributed by atoms with Crippen LogP contribution in [0.2, 0.25) is 0 Å². The number of carbonyl (C=O) groups is 2. The Balaban J connectivity index is 1.63. The smallest absolute Gasteiger partial charge is 0.223 e. The van der Waals surface area contributed by atoms with Crippen LogP contribution in [0.4, 0.5) is 5.13 Å². The lowest BCUT2D eigenvalue weighted by Crippen LogP contribution is -2.58. The van der Waals surface area contributed by atoms with Crippen molar-refractivity contribution in [3.8, 4) is 0 Å². The molecule has 3 N–H and O–H groups in total. The average molecular weight is 507 g/mol. The van der Waals surface area contributed by atoms with Crippen LogP contribution < -0.4 is 5.32 Å². The van der Waals surface area contributed by atoms with Crippen LogP contribution in [0.25, 0.3) is 0 Å². The van der Waals surface area contributed by atoms with Crippen LogP contribution >= 0.6 is 11.3 Å². The third-order valence-electron chi connectivity index (χ3n) is 9.16. The molecule has 0 aromatic carbocycles. The molecule has 2 heterocycles. The van der Waals surface area contributed by atoms with Gasteiger partial charge in [0.1, 0.15) is 0 Å². The van der Waals surface area contributed by atoms with Gasteiger partial charge in [-0.1, -0.05) is 27.2 Å². The molecule has 1 saturated heterocycles. The summed E-state index contributed by atoms with van der Waals surface area (Å²) in [5.41, 5.74) is 0.175. The highest BCUT2D eigenvalue weighted by molar-refractivity contribution is 7.15. The van der Waals surface area contributed by atoms with Crippen LogP contribution in [0, 0.1) is 16.7 Å². The second kappa shape index (κ2) is 10.3. The fourth-order valence-corrected chi connectivity index (χ4v) is 7.76. The lowest BCUT2D eigenvalue weighted by Gasteiger charge is -2.58. The molecule has 1 aliphatic heterocycles. The number of aliphatic hydroxyl groups is 2. The molecule has 1 saturated carbocycles. The number of fused-ring (bicyclic) bond motifs is 2. The van der Waals surface area contributed by atoms with Crippen molar-refractivity contribution in [3.63, 3.8) is 0 Å². The first-order valence-corrected chi connectivity index (χ1v) is 14.0. The van der Waals surface area contributed by atoms with Gasteiger partial charge in [-0.05, 0) is 37.0 Å². The zero-order valence-electron chi connectivity index (χ0n) is 21.7. The first-order chi connectivity index (χ1) is 16.6. The number of hydrogen-bond donors (Lipinski definition) is 3. The highest BCUT2D eigenvalue weighted by Gasteiger charge is 2.59. The molecule has 2 fully saturated rings. The fraction of sp³-hybridized carbons (Fsp3) is 0.808. The number of piperazine rings is 1. The van der Waals surface area contributed by atoms with Gasteiger partial charge in [0.2, 0.25) is 11.8 Å². The first kappa shape index (κ1) is 26.4. The van der Waals surface area contributed by atoms with E-state index in [4.69, 9.17) is 4.98 Å². The lowest BCUT2D eigenvalue weighted by atomic mass is 9.47. The predicted octanol–water partition coefficient (Wildman–Crippen LogP) is 2.85. The summed E-state index contributed by atoms with van der Waals surface area (Å²) in [4.78, 5) is 35.2. The van der Waals surface area contributed by atoms with Gasteiger partial charge < -0.3 is 25.3 Å². The number of nitrogens with one attached hydrogen (secondary N) is 1. The predicted molar refractivity (Wildman–Crippen MR) is 137 cm³/mol. The van der Waals surface area contributed by atoms with Gasteiger partial charge in [-0.3, -0.25) is 9.59 Å². The monoisotopic (exact) mass is 506 g/mol. The molecule has 35 heavy (non-hydrogen) atoms. The standard InChI is InChI=1S/C26H42N4O4S/c1-5-6-9-27-24-28-23-18(14-22(34)30-12-10-29(11-13-30)17(2)32)25(3)8-7-21(33)26(4,16-31)20(25)15-19(23)35-24/h18,20-21,31,33H,5-16H2,1-4H3,(H,27,28). The molecule has 1 aromatic heterocycles. The zero-order chi connectivity index (χ0) is 25.4. The number of amides is 2. The van der Waals surface area contributed by atoms with Gasteiger partial charge in [-0.15, -0.1) is 11.3 Å². The number of unbranched alkanes of at least 4 members (excludes halogenated alkanes) is 1. The number of thiazole rings is 1. The van der Waals surface area contributed by atoms with E-state index in [9.17, 15) is 19.8 Å². The van der Waals surface area contributed by atoms with E-state index in [1.807, 2.05) is 11.8 Å². The third kappa shape index (κ3) is 4.83. The minimum Gasteiger partial charge on any atom is -0.396 e. The molecule has 2 amide bonds. The molecule has 0 radical (unpaired) electrons. The van der Waals surface area contributed by atoms with E-state index in [2.05, 4.69) is 19.2 Å². The summed E-state index contributed by atoms with van der Waals surface area (Å²) in [7, 11) is 0. The molecular formula is C26H42N4O4S. The Morgan fingerprint density at radius 3 is 2.51 bits per heavy atom. The Labute approximate surface area is 213 Å². The van der Waals surface area contributed by atoms with E-state index < -0.39 is 11.5 Å². The minimum atomic E-state index is -0.612. The van der Waals surface area contributed by atoms with Crippen LogP contribution in [-0.2, 0) is 16.0 Å². The number of aromatic nitrogens is 1. The maximum Gasteiger partial charge on any atom is 0.223 e. The lowest BCUT2D eigenvalue weighted by molar-refractivity contribution is -0.149. The Kier molecular flexibility index (Phi) is 7.79. The SMILES string of the molecule is CCCCNc1nc2c(s1)CC1C(C)(CO)C(O)CCC1(C)C2CC(=O)N1CCN(C(C)=O)CC1. The Morgan fingerprint density at radius 1 is 1.20 bits per heavy atom. The fourth-order valence-electron chi connectivity index (χ4n) is 6.67. The summed E-state index contributed by atoms with van der Waals surface area (Å²) in [6.45, 7) is 11.1. The van der Waals surface area contributed by atoms with E-state index in [-0.39, 0.29) is 35.7 Å². The normalized spacial score (nSPS) is 32.7. The molecule has 1 aromatic rings. The summed E-state index contributed by atoms with van der Waals surface area (Å²) in [6, 6.07) is 0. The van der Waals surface area contributed by atoms with Crippen LogP contribution in [0.5, 0.6) is 0 Å². The number of nitrogens with zero attached hydrogens (tertiary/aromatic N) is 3. The number of hydrogen-bond acceptors (Lipinski definition) is 7. The molecule has 0 spiro atoms. The van der Waals surface area contributed by atoms with Crippen molar-refractivity contribution in [2.75, 3.05) is 44.6 Å². The van der Waals surface area contributed by atoms with E-state index in [0.29, 0.717) is 39.0 Å². The summed E-state index contributed by atoms with van der Waals surface area (Å²) in [6.07, 6.45) is 4.20. The van der Waals surface area contributed by atoms with E-state index >= 15 is 0 Å². The molecule has 196 valence electrons. The Bertz CT molecular complexity index is 930. The first-order valence-electron chi connectivity index (χ1n) is 13.2. The summed E-state index contributed by atoms with van der Waals surface area (Å²) < 4.78 is 0. The summed E-state index contributed by atoms with van der Waals surface area (Å²) in [5, 5.41) is 25.7. The maximum atomic E-state index is 13.6. The minimum absolute atomic E-state index is 0.0546. The topological polar surface area (TPSA) is 106 Å². The maximum absolute atomic E-state index is 13.6. The highest BCUT2D eigenvalue weighted by Crippen LogP contribution is 2.62. The van der Waals surface area contributed by atoms with Crippen molar-refractivity contribution in [3.05, 3.63) is 10.6 Å². The van der Waals surface area contributed by atoms with Crippen LogP contribution in [0.3, 0.4) is 0 Å². The van der Waals surface area contributed by atoms with E-state index in [1.165, 1.54) is 4.88 Å².